The van der Waals surface area contributed by atoms with E-state index in [0.29, 0.717) is 11.8 Å². The summed E-state index contributed by atoms with van der Waals surface area (Å²) in [6.45, 7) is 0. The first-order chi connectivity index (χ1) is 13.9. The minimum Gasteiger partial charge on any atom is -0.402 e. The molecule has 7 heteroatoms. The van der Waals surface area contributed by atoms with Gasteiger partial charge in [0.1, 0.15) is 0 Å². The van der Waals surface area contributed by atoms with Crippen LogP contribution in [0.25, 0.3) is 0 Å². The Balaban J connectivity index is 1.53. The first-order valence-electron chi connectivity index (χ1n) is 9.53. The molecule has 0 heterocycles. The molecule has 0 atom stereocenters. The molecule has 0 aliphatic heterocycles. The van der Waals surface area contributed by atoms with Gasteiger partial charge in [-0.25, -0.2) is 13.2 Å². The number of amides is 1. The third-order valence-corrected chi connectivity index (χ3v) is 5.01. The van der Waals surface area contributed by atoms with Crippen molar-refractivity contribution in [3.05, 3.63) is 71.2 Å². The Morgan fingerprint density at radius 3 is 2.41 bits per heavy atom. The standard InChI is InChI=1S/C22H20F3N3O/c23-16-3-1-2-15(21(16)25)22(29)27-14-8-9-19(17(24)10-14)28-20(13-6-7-13)11-18(26)12-4-5-12/h1-3,8-13H,4-7,26H2,(H,27,29). The second-order valence-electron chi connectivity index (χ2n) is 7.45. The fourth-order valence-electron chi connectivity index (χ4n) is 3.02. The topological polar surface area (TPSA) is 67.5 Å². The number of halogens is 3. The van der Waals surface area contributed by atoms with Crippen LogP contribution >= 0.6 is 0 Å². The lowest BCUT2D eigenvalue weighted by molar-refractivity contribution is 0.102. The molecular formula is C22H20F3N3O. The van der Waals surface area contributed by atoms with Gasteiger partial charge in [-0.15, -0.1) is 0 Å². The molecule has 2 fully saturated rings. The number of hydrogen-bond donors (Lipinski definition) is 2. The number of nitrogens with zero attached hydrogens (tertiary/aromatic N) is 1. The maximum atomic E-state index is 14.6. The number of anilines is 1. The fourth-order valence-corrected chi connectivity index (χ4v) is 3.02. The number of carbonyl (C=O) groups is 1. The Morgan fingerprint density at radius 1 is 1.03 bits per heavy atom. The lowest BCUT2D eigenvalue weighted by Gasteiger charge is -2.08. The highest BCUT2D eigenvalue weighted by Gasteiger charge is 2.29. The fraction of sp³-hybridized carbons (Fsp3) is 0.273. The van der Waals surface area contributed by atoms with E-state index in [-0.39, 0.29) is 11.4 Å². The van der Waals surface area contributed by atoms with E-state index in [2.05, 4.69) is 10.3 Å². The van der Waals surface area contributed by atoms with Gasteiger partial charge in [0.2, 0.25) is 0 Å². The Kier molecular flexibility index (Phi) is 5.13. The first-order valence-corrected chi connectivity index (χ1v) is 9.53. The molecule has 2 aliphatic carbocycles. The zero-order valence-corrected chi connectivity index (χ0v) is 15.6. The van der Waals surface area contributed by atoms with Crippen molar-refractivity contribution in [3.63, 3.8) is 0 Å². The van der Waals surface area contributed by atoms with Crippen LogP contribution in [0.4, 0.5) is 24.5 Å². The van der Waals surface area contributed by atoms with E-state index in [1.54, 1.807) is 0 Å². The van der Waals surface area contributed by atoms with Gasteiger partial charge in [0.15, 0.2) is 17.5 Å². The summed E-state index contributed by atoms with van der Waals surface area (Å²) < 4.78 is 41.6. The molecule has 0 spiro atoms. The molecule has 3 N–H and O–H groups in total. The Bertz CT molecular complexity index is 1020. The SMILES string of the molecule is NC(=CC(=Nc1ccc(NC(=O)c2cccc(F)c2F)cc1F)C1CC1)C1CC1. The van der Waals surface area contributed by atoms with Crippen LogP contribution in [0, 0.1) is 29.3 Å². The van der Waals surface area contributed by atoms with Gasteiger partial charge in [-0.2, -0.15) is 0 Å². The number of nitrogens with one attached hydrogen (secondary N) is 1. The van der Waals surface area contributed by atoms with Gasteiger partial charge in [-0.3, -0.25) is 9.79 Å². The Labute approximate surface area is 166 Å². The second-order valence-corrected chi connectivity index (χ2v) is 7.45. The van der Waals surface area contributed by atoms with E-state index in [9.17, 15) is 18.0 Å². The molecule has 1 amide bonds. The van der Waals surface area contributed by atoms with Crippen LogP contribution in [0.1, 0.15) is 36.0 Å². The highest BCUT2D eigenvalue weighted by Crippen LogP contribution is 2.37. The van der Waals surface area contributed by atoms with E-state index < -0.39 is 28.9 Å². The number of aliphatic imine (C=N–C) groups is 1. The van der Waals surface area contributed by atoms with Gasteiger partial charge in [-0.05, 0) is 68.0 Å². The summed E-state index contributed by atoms with van der Waals surface area (Å²) in [6.07, 6.45) is 6.02. The van der Waals surface area contributed by atoms with Crippen LogP contribution in [-0.2, 0) is 0 Å². The van der Waals surface area contributed by atoms with Crippen molar-refractivity contribution in [3.8, 4) is 0 Å². The van der Waals surface area contributed by atoms with Crippen molar-refractivity contribution in [2.75, 3.05) is 5.32 Å². The number of rotatable bonds is 6. The van der Waals surface area contributed by atoms with Crippen molar-refractivity contribution in [2.24, 2.45) is 22.6 Å². The monoisotopic (exact) mass is 399 g/mol. The quantitative estimate of drug-likeness (QED) is 0.665. The molecule has 0 bridgehead atoms. The van der Waals surface area contributed by atoms with Crippen molar-refractivity contribution in [1.29, 1.82) is 0 Å². The molecule has 2 saturated carbocycles. The summed E-state index contributed by atoms with van der Waals surface area (Å²) in [5.74, 6) is -3.16. The average Bonchev–Trinajstić information content (AvgIpc) is 3.56. The second kappa shape index (κ2) is 7.73. The summed E-state index contributed by atoms with van der Waals surface area (Å²) in [7, 11) is 0. The van der Waals surface area contributed by atoms with Crippen LogP contribution in [0.5, 0.6) is 0 Å². The largest absolute Gasteiger partial charge is 0.402 e. The molecule has 0 radical (unpaired) electrons. The molecule has 2 aromatic rings. The van der Waals surface area contributed by atoms with E-state index in [4.69, 9.17) is 5.73 Å². The van der Waals surface area contributed by atoms with Crippen LogP contribution in [0.15, 0.2) is 53.2 Å². The number of hydrogen-bond acceptors (Lipinski definition) is 3. The Hall–Kier alpha value is -3.09. The van der Waals surface area contributed by atoms with E-state index in [0.717, 1.165) is 55.3 Å². The molecule has 150 valence electrons. The molecule has 2 aliphatic rings. The maximum Gasteiger partial charge on any atom is 0.258 e. The van der Waals surface area contributed by atoms with Gasteiger partial charge in [0, 0.05) is 23.0 Å². The van der Waals surface area contributed by atoms with Crippen LogP contribution in [0.2, 0.25) is 0 Å². The zero-order chi connectivity index (χ0) is 20.5. The Morgan fingerprint density at radius 2 is 1.76 bits per heavy atom. The minimum absolute atomic E-state index is 0.121. The van der Waals surface area contributed by atoms with Gasteiger partial charge < -0.3 is 11.1 Å². The molecule has 4 nitrogen and oxygen atoms in total. The van der Waals surface area contributed by atoms with Crippen molar-refractivity contribution in [2.45, 2.75) is 25.7 Å². The predicted molar refractivity (Wildman–Crippen MR) is 106 cm³/mol. The van der Waals surface area contributed by atoms with Crippen molar-refractivity contribution >= 4 is 23.0 Å². The lowest BCUT2D eigenvalue weighted by Crippen LogP contribution is -2.14. The van der Waals surface area contributed by atoms with Crippen LogP contribution in [-0.4, -0.2) is 11.6 Å². The van der Waals surface area contributed by atoms with E-state index >= 15 is 0 Å². The van der Waals surface area contributed by atoms with Crippen molar-refractivity contribution < 1.29 is 18.0 Å². The van der Waals surface area contributed by atoms with Crippen molar-refractivity contribution in [1.82, 2.24) is 0 Å². The molecular weight excluding hydrogens is 379 g/mol. The van der Waals surface area contributed by atoms with E-state index in [1.807, 2.05) is 6.08 Å². The summed E-state index contributed by atoms with van der Waals surface area (Å²) in [4.78, 5) is 16.6. The molecule has 0 aromatic heterocycles. The smallest absolute Gasteiger partial charge is 0.258 e. The summed E-state index contributed by atoms with van der Waals surface area (Å²) in [5, 5.41) is 2.37. The maximum absolute atomic E-state index is 14.6. The third-order valence-electron chi connectivity index (χ3n) is 5.01. The third kappa shape index (κ3) is 4.50. The molecule has 29 heavy (non-hydrogen) atoms. The van der Waals surface area contributed by atoms with Gasteiger partial charge in [-0.1, -0.05) is 6.07 Å². The molecule has 4 rings (SSSR count). The normalized spacial score (nSPS) is 17.3. The zero-order valence-electron chi connectivity index (χ0n) is 15.6. The molecule has 2 aromatic carbocycles. The molecule has 0 unspecified atom stereocenters. The van der Waals surface area contributed by atoms with Gasteiger partial charge >= 0.3 is 0 Å². The predicted octanol–water partition coefficient (Wildman–Crippen LogP) is 5.09. The summed E-state index contributed by atoms with van der Waals surface area (Å²) in [6, 6.07) is 7.31. The number of nitrogens with two attached hydrogens (primary N) is 1. The lowest BCUT2D eigenvalue weighted by atomic mass is 10.1. The minimum atomic E-state index is -1.25. The van der Waals surface area contributed by atoms with Gasteiger partial charge in [0.25, 0.3) is 5.91 Å². The number of carbonyl (C=O) groups excluding carboxylic acids is 1. The summed E-state index contributed by atoms with van der Waals surface area (Å²) >= 11 is 0. The van der Waals surface area contributed by atoms with Crippen LogP contribution < -0.4 is 11.1 Å². The highest BCUT2D eigenvalue weighted by molar-refractivity contribution is 6.04. The molecule has 0 saturated heterocycles. The average molecular weight is 399 g/mol. The van der Waals surface area contributed by atoms with Crippen LogP contribution in [0.3, 0.4) is 0 Å². The van der Waals surface area contributed by atoms with E-state index in [1.165, 1.54) is 18.2 Å². The summed E-state index contributed by atoms with van der Waals surface area (Å²) in [5.41, 5.74) is 7.44. The number of allylic oxidation sites excluding steroid dienone is 2. The highest BCUT2D eigenvalue weighted by atomic mass is 19.2. The number of benzene rings is 2. The first kappa shape index (κ1) is 19.2. The van der Waals surface area contributed by atoms with Gasteiger partial charge in [0.05, 0.1) is 11.3 Å².